The summed E-state index contributed by atoms with van der Waals surface area (Å²) in [7, 11) is 5.40. The molecule has 25 heavy (non-hydrogen) atoms. The lowest BCUT2D eigenvalue weighted by Crippen LogP contribution is -2.02. The molecule has 1 N–H and O–H groups in total. The van der Waals surface area contributed by atoms with Gasteiger partial charge in [-0.2, -0.15) is 10.2 Å². The Balaban J connectivity index is 1.72. The van der Waals surface area contributed by atoms with Crippen LogP contribution in [-0.4, -0.2) is 31.7 Å². The molecule has 0 aliphatic rings. The maximum atomic E-state index is 5.47. The molecule has 0 saturated heterocycles. The molecule has 0 fully saturated rings. The van der Waals surface area contributed by atoms with Gasteiger partial charge in [0.1, 0.15) is 17.4 Å². The fourth-order valence-corrected chi connectivity index (χ4v) is 2.78. The van der Waals surface area contributed by atoms with Crippen LogP contribution in [0.2, 0.25) is 0 Å². The van der Waals surface area contributed by atoms with Gasteiger partial charge in [-0.3, -0.25) is 9.36 Å². The summed E-state index contributed by atoms with van der Waals surface area (Å²) in [5.41, 5.74) is 2.73. The Morgan fingerprint density at radius 1 is 1.04 bits per heavy atom. The molecule has 0 spiro atoms. The Hall–Kier alpha value is -3.35. The summed E-state index contributed by atoms with van der Waals surface area (Å²) in [4.78, 5) is 4.63. The van der Waals surface area contributed by atoms with Crippen LogP contribution in [0.25, 0.3) is 22.3 Å². The zero-order valence-electron chi connectivity index (χ0n) is 14.3. The Morgan fingerprint density at radius 2 is 1.84 bits per heavy atom. The average molecular weight is 334 g/mol. The summed E-state index contributed by atoms with van der Waals surface area (Å²) in [5, 5.41) is 13.0. The third-order valence-electron chi connectivity index (χ3n) is 4.09. The molecule has 3 aromatic heterocycles. The van der Waals surface area contributed by atoms with Crippen LogP contribution < -0.4 is 10.1 Å². The second-order valence-electron chi connectivity index (χ2n) is 5.74. The van der Waals surface area contributed by atoms with Gasteiger partial charge < -0.3 is 10.1 Å². The van der Waals surface area contributed by atoms with E-state index in [2.05, 4.69) is 20.5 Å². The second-order valence-corrected chi connectivity index (χ2v) is 5.74. The first kappa shape index (κ1) is 15.2. The number of hydrogen-bond acceptors (Lipinski definition) is 5. The number of fused-ring (bicyclic) bond motifs is 1. The van der Waals surface area contributed by atoms with Crippen molar-refractivity contribution in [3.63, 3.8) is 0 Å². The number of rotatable bonds is 4. The van der Waals surface area contributed by atoms with Crippen LogP contribution >= 0.6 is 0 Å². The first-order chi connectivity index (χ1) is 12.2. The number of ether oxygens (including phenoxy) is 1. The number of pyridine rings is 1. The number of benzene rings is 1. The lowest BCUT2D eigenvalue weighted by atomic mass is 10.2. The lowest BCUT2D eigenvalue weighted by Gasteiger charge is -2.08. The van der Waals surface area contributed by atoms with Crippen molar-refractivity contribution >= 4 is 22.7 Å². The van der Waals surface area contributed by atoms with E-state index in [1.807, 2.05) is 56.6 Å². The quantitative estimate of drug-likeness (QED) is 0.621. The predicted octanol–water partition coefficient (Wildman–Crippen LogP) is 3.12. The van der Waals surface area contributed by atoms with E-state index in [9.17, 15) is 0 Å². The molecular weight excluding hydrogens is 316 g/mol. The van der Waals surface area contributed by atoms with Crippen LogP contribution in [0.1, 0.15) is 0 Å². The maximum absolute atomic E-state index is 5.47. The minimum Gasteiger partial charge on any atom is -0.496 e. The highest BCUT2D eigenvalue weighted by Crippen LogP contribution is 2.29. The van der Waals surface area contributed by atoms with Gasteiger partial charge in [-0.15, -0.1) is 0 Å². The zero-order chi connectivity index (χ0) is 17.4. The van der Waals surface area contributed by atoms with Crippen molar-refractivity contribution in [1.82, 2.24) is 24.5 Å². The maximum Gasteiger partial charge on any atom is 0.163 e. The van der Waals surface area contributed by atoms with Crippen molar-refractivity contribution < 1.29 is 4.74 Å². The molecule has 7 nitrogen and oxygen atoms in total. The van der Waals surface area contributed by atoms with E-state index in [0.29, 0.717) is 5.82 Å². The van der Waals surface area contributed by atoms with Gasteiger partial charge in [0.15, 0.2) is 5.65 Å². The van der Waals surface area contributed by atoms with E-state index in [1.54, 1.807) is 22.7 Å². The number of anilines is 2. The van der Waals surface area contributed by atoms with Crippen molar-refractivity contribution in [2.75, 3.05) is 12.4 Å². The molecule has 126 valence electrons. The first-order valence-corrected chi connectivity index (χ1v) is 7.89. The SMILES string of the molecule is COc1cc(Nc2cc(-c3ccccc3)nn2C)nc2c1cnn2C. The van der Waals surface area contributed by atoms with Gasteiger partial charge in [-0.1, -0.05) is 30.3 Å². The standard InChI is InChI=1S/C18H18N6O/c1-23-17(9-14(22-23)12-7-5-4-6-8-12)20-16-10-15(25-3)13-11-19-24(2)18(13)21-16/h4-11H,1-3H3,(H,20,21). The Labute approximate surface area is 144 Å². The summed E-state index contributed by atoms with van der Waals surface area (Å²) in [6.45, 7) is 0. The largest absolute Gasteiger partial charge is 0.496 e. The Kier molecular flexibility index (Phi) is 3.61. The lowest BCUT2D eigenvalue weighted by molar-refractivity contribution is 0.419. The van der Waals surface area contributed by atoms with Crippen LogP contribution in [0.5, 0.6) is 5.75 Å². The monoisotopic (exact) mass is 334 g/mol. The van der Waals surface area contributed by atoms with Gasteiger partial charge >= 0.3 is 0 Å². The summed E-state index contributed by atoms with van der Waals surface area (Å²) in [5.74, 6) is 2.25. The number of nitrogens with one attached hydrogen (secondary N) is 1. The molecule has 0 radical (unpaired) electrons. The topological polar surface area (TPSA) is 69.8 Å². The first-order valence-electron chi connectivity index (χ1n) is 7.89. The fraction of sp³-hybridized carbons (Fsp3) is 0.167. The summed E-state index contributed by atoms with van der Waals surface area (Å²) in [6.07, 6.45) is 1.75. The smallest absolute Gasteiger partial charge is 0.163 e. The van der Waals surface area contributed by atoms with Gasteiger partial charge in [-0.25, -0.2) is 4.98 Å². The Morgan fingerprint density at radius 3 is 2.60 bits per heavy atom. The van der Waals surface area contributed by atoms with E-state index in [4.69, 9.17) is 4.74 Å². The minimum atomic E-state index is 0.676. The Bertz CT molecular complexity index is 1030. The molecule has 0 atom stereocenters. The van der Waals surface area contributed by atoms with E-state index in [0.717, 1.165) is 33.9 Å². The van der Waals surface area contributed by atoms with Crippen LogP contribution in [0.4, 0.5) is 11.6 Å². The van der Waals surface area contributed by atoms with Crippen molar-refractivity contribution in [2.24, 2.45) is 14.1 Å². The van der Waals surface area contributed by atoms with Gasteiger partial charge in [-0.05, 0) is 0 Å². The van der Waals surface area contributed by atoms with Crippen LogP contribution in [0.3, 0.4) is 0 Å². The van der Waals surface area contributed by atoms with Crippen molar-refractivity contribution in [3.8, 4) is 17.0 Å². The van der Waals surface area contributed by atoms with Crippen LogP contribution in [0.15, 0.2) is 48.7 Å². The third-order valence-corrected chi connectivity index (χ3v) is 4.09. The molecule has 0 unspecified atom stereocenters. The molecule has 0 aliphatic heterocycles. The fourth-order valence-electron chi connectivity index (χ4n) is 2.78. The number of aryl methyl sites for hydroxylation is 2. The molecular formula is C18H18N6O. The number of hydrogen-bond donors (Lipinski definition) is 1. The average Bonchev–Trinajstić information content (AvgIpc) is 3.19. The second kappa shape index (κ2) is 5.94. The normalized spacial score (nSPS) is 11.0. The molecule has 4 rings (SSSR count). The van der Waals surface area contributed by atoms with E-state index in [-0.39, 0.29) is 0 Å². The van der Waals surface area contributed by atoms with Gasteiger partial charge in [0.05, 0.1) is 24.4 Å². The van der Waals surface area contributed by atoms with E-state index < -0.39 is 0 Å². The number of nitrogens with zero attached hydrogens (tertiary/aromatic N) is 5. The molecule has 3 heterocycles. The zero-order valence-corrected chi connectivity index (χ0v) is 14.3. The van der Waals surface area contributed by atoms with Gasteiger partial charge in [0.25, 0.3) is 0 Å². The minimum absolute atomic E-state index is 0.676. The van der Waals surface area contributed by atoms with E-state index >= 15 is 0 Å². The van der Waals surface area contributed by atoms with Crippen LogP contribution in [-0.2, 0) is 14.1 Å². The molecule has 1 aromatic carbocycles. The highest BCUT2D eigenvalue weighted by Gasteiger charge is 2.12. The summed E-state index contributed by atoms with van der Waals surface area (Å²) in [6, 6.07) is 13.9. The van der Waals surface area contributed by atoms with E-state index in [1.165, 1.54) is 0 Å². The third kappa shape index (κ3) is 2.69. The number of aromatic nitrogens is 5. The molecule has 0 bridgehead atoms. The molecule has 4 aromatic rings. The van der Waals surface area contributed by atoms with Crippen molar-refractivity contribution in [3.05, 3.63) is 48.7 Å². The molecule has 0 amide bonds. The highest BCUT2D eigenvalue weighted by atomic mass is 16.5. The van der Waals surface area contributed by atoms with Crippen molar-refractivity contribution in [1.29, 1.82) is 0 Å². The highest BCUT2D eigenvalue weighted by molar-refractivity contribution is 5.84. The number of methoxy groups -OCH3 is 1. The van der Waals surface area contributed by atoms with Crippen LogP contribution in [0, 0.1) is 0 Å². The van der Waals surface area contributed by atoms with Crippen molar-refractivity contribution in [2.45, 2.75) is 0 Å². The molecule has 0 aliphatic carbocycles. The van der Waals surface area contributed by atoms with Gasteiger partial charge in [0.2, 0.25) is 0 Å². The summed E-state index contributed by atoms with van der Waals surface area (Å²) < 4.78 is 8.99. The predicted molar refractivity (Wildman–Crippen MR) is 97.0 cm³/mol. The summed E-state index contributed by atoms with van der Waals surface area (Å²) >= 11 is 0. The molecule has 7 heteroatoms. The van der Waals surface area contributed by atoms with Gasteiger partial charge in [0, 0.05) is 31.8 Å². The molecule has 0 saturated carbocycles.